The Morgan fingerprint density at radius 3 is 0.853 bits per heavy atom. The Kier molecular flexibility index (Phi) is 25.1. The second-order valence-corrected chi connectivity index (χ2v) is 23.7. The monoisotopic (exact) mass is 550 g/mol. The van der Waals surface area contributed by atoms with Gasteiger partial charge in [-0.05, 0) is 65.0 Å². The highest BCUT2D eigenvalue weighted by atomic mass is 33.1. The predicted octanol–water partition coefficient (Wildman–Crippen LogP) is 11.1. The van der Waals surface area contributed by atoms with Gasteiger partial charge < -0.3 is 8.85 Å². The molecule has 0 aliphatic heterocycles. The Morgan fingerprint density at radius 2 is 0.588 bits per heavy atom. The van der Waals surface area contributed by atoms with E-state index in [-0.39, 0.29) is 0 Å². The van der Waals surface area contributed by atoms with E-state index in [0.717, 1.165) is 13.2 Å². The summed E-state index contributed by atoms with van der Waals surface area (Å²) in [6, 6.07) is 0. The van der Waals surface area contributed by atoms with Crippen LogP contribution in [0.25, 0.3) is 0 Å². The van der Waals surface area contributed by atoms with Crippen molar-refractivity contribution in [2.45, 2.75) is 155 Å². The van der Waals surface area contributed by atoms with Crippen molar-refractivity contribution in [3.8, 4) is 0 Å². The molecule has 0 bridgehead atoms. The van der Waals surface area contributed by atoms with E-state index in [4.69, 9.17) is 8.85 Å². The second-order valence-electron chi connectivity index (χ2n) is 11.9. The van der Waals surface area contributed by atoms with Crippen LogP contribution in [-0.2, 0) is 8.85 Å². The van der Waals surface area contributed by atoms with Crippen LogP contribution in [0.4, 0.5) is 0 Å². The van der Waals surface area contributed by atoms with Gasteiger partial charge in [0.05, 0.1) is 0 Å². The van der Waals surface area contributed by atoms with Crippen LogP contribution in [0.3, 0.4) is 0 Å². The van der Waals surface area contributed by atoms with Crippen molar-refractivity contribution in [2.75, 3.05) is 24.7 Å². The second kappa shape index (κ2) is 24.4. The quantitative estimate of drug-likeness (QED) is 0.0574. The minimum atomic E-state index is -1.29. The fraction of sp³-hybridized carbons (Fsp3) is 1.00. The maximum absolute atomic E-state index is 5.92. The summed E-state index contributed by atoms with van der Waals surface area (Å²) in [7, 11) is 1.66. The molecule has 206 valence electrons. The largest absolute Gasteiger partial charge is 0.418 e. The summed E-state index contributed by atoms with van der Waals surface area (Å²) in [6.07, 6.45) is 25.2. The molecule has 0 amide bonds. The lowest BCUT2D eigenvalue weighted by molar-refractivity contribution is 0.298. The molecule has 0 fully saturated rings. The van der Waals surface area contributed by atoms with Crippen molar-refractivity contribution in [2.24, 2.45) is 0 Å². The summed E-state index contributed by atoms with van der Waals surface area (Å²) in [5.41, 5.74) is 0. The van der Waals surface area contributed by atoms with Gasteiger partial charge in [-0.15, -0.1) is 0 Å². The highest BCUT2D eigenvalue weighted by Crippen LogP contribution is 2.25. The van der Waals surface area contributed by atoms with Gasteiger partial charge in [-0.25, -0.2) is 0 Å². The Hall–Kier alpha value is 1.05. The van der Waals surface area contributed by atoms with Gasteiger partial charge in [0.15, 0.2) is 16.6 Å². The highest BCUT2D eigenvalue weighted by molar-refractivity contribution is 8.76. The number of rotatable bonds is 27. The molecule has 0 spiro atoms. The van der Waals surface area contributed by atoms with Crippen molar-refractivity contribution < 1.29 is 8.85 Å². The fourth-order valence-electron chi connectivity index (χ4n) is 3.88. The van der Waals surface area contributed by atoms with Gasteiger partial charge in [-0.1, -0.05) is 111 Å². The first kappa shape index (κ1) is 35.1. The molecular weight excluding hydrogens is 489 g/mol. The Labute approximate surface area is 225 Å². The van der Waals surface area contributed by atoms with E-state index in [1.807, 2.05) is 0 Å². The summed E-state index contributed by atoms with van der Waals surface area (Å²) in [4.78, 5) is 0. The maximum Gasteiger partial charge on any atom is 0.183 e. The predicted molar refractivity (Wildman–Crippen MR) is 167 cm³/mol. The molecule has 0 atom stereocenters. The first-order chi connectivity index (χ1) is 16.2. The van der Waals surface area contributed by atoms with E-state index in [0.29, 0.717) is 0 Å². The van der Waals surface area contributed by atoms with Gasteiger partial charge >= 0.3 is 0 Å². The van der Waals surface area contributed by atoms with Crippen LogP contribution in [0, 0.1) is 0 Å². The zero-order valence-corrected chi connectivity index (χ0v) is 27.8. The van der Waals surface area contributed by atoms with Crippen LogP contribution in [0.2, 0.25) is 39.3 Å². The Balaban J connectivity index is 3.07. The SMILES string of the molecule is C[Si](C)(C)OCCCCCCCCCCCSSCCCCCCCCCCCO[Si](C)(C)C. The zero-order chi connectivity index (χ0) is 25.4. The lowest BCUT2D eigenvalue weighted by Gasteiger charge is -2.16. The van der Waals surface area contributed by atoms with Crippen LogP contribution >= 0.6 is 21.6 Å². The molecule has 0 radical (unpaired) electrons. The van der Waals surface area contributed by atoms with Gasteiger partial charge in [0.25, 0.3) is 0 Å². The fourth-order valence-corrected chi connectivity index (χ4v) is 7.68. The number of hydrogen-bond donors (Lipinski definition) is 0. The van der Waals surface area contributed by atoms with Crippen molar-refractivity contribution in [3.05, 3.63) is 0 Å². The average Bonchev–Trinajstić information content (AvgIpc) is 2.74. The van der Waals surface area contributed by atoms with E-state index < -0.39 is 16.6 Å². The minimum Gasteiger partial charge on any atom is -0.418 e. The molecule has 0 heterocycles. The van der Waals surface area contributed by atoms with Gasteiger partial charge in [0, 0.05) is 24.7 Å². The number of unbranched alkanes of at least 4 members (excludes halogenated alkanes) is 16. The summed E-state index contributed by atoms with van der Waals surface area (Å²) in [5, 5.41) is 0. The van der Waals surface area contributed by atoms with E-state index in [1.165, 1.54) is 127 Å². The molecule has 0 unspecified atom stereocenters. The lowest BCUT2D eigenvalue weighted by atomic mass is 10.1. The van der Waals surface area contributed by atoms with Crippen molar-refractivity contribution >= 4 is 38.2 Å². The third-order valence-corrected chi connectivity index (χ3v) is 10.6. The van der Waals surface area contributed by atoms with Crippen LogP contribution in [-0.4, -0.2) is 41.4 Å². The molecule has 0 N–H and O–H groups in total. The minimum absolute atomic E-state index is 0.987. The number of hydrogen-bond acceptors (Lipinski definition) is 4. The first-order valence-corrected chi connectivity index (χ1v) is 24.0. The van der Waals surface area contributed by atoms with Crippen molar-refractivity contribution in [1.82, 2.24) is 0 Å². The normalized spacial score (nSPS) is 12.5. The lowest BCUT2D eigenvalue weighted by Crippen LogP contribution is -2.25. The van der Waals surface area contributed by atoms with E-state index in [9.17, 15) is 0 Å². The molecule has 0 aromatic carbocycles. The van der Waals surface area contributed by atoms with E-state index in [1.54, 1.807) is 0 Å². The molecule has 34 heavy (non-hydrogen) atoms. The smallest absolute Gasteiger partial charge is 0.183 e. The third-order valence-electron chi connectivity index (χ3n) is 5.90. The van der Waals surface area contributed by atoms with Crippen LogP contribution < -0.4 is 0 Å². The molecule has 0 aromatic rings. The van der Waals surface area contributed by atoms with E-state index >= 15 is 0 Å². The first-order valence-electron chi connectivity index (χ1n) is 14.7. The average molecular weight is 551 g/mol. The Bertz CT molecular complexity index is 374. The molecule has 0 rings (SSSR count). The van der Waals surface area contributed by atoms with Crippen molar-refractivity contribution in [3.63, 3.8) is 0 Å². The molecule has 0 aliphatic rings. The molecule has 0 aliphatic carbocycles. The maximum atomic E-state index is 5.92. The summed E-state index contributed by atoms with van der Waals surface area (Å²) in [6.45, 7) is 15.7. The summed E-state index contributed by atoms with van der Waals surface area (Å²) < 4.78 is 11.8. The molecule has 0 saturated carbocycles. The van der Waals surface area contributed by atoms with Crippen LogP contribution in [0.5, 0.6) is 0 Å². The molecular formula is C28H62O2S2Si2. The van der Waals surface area contributed by atoms with Crippen LogP contribution in [0.1, 0.15) is 116 Å². The molecule has 2 nitrogen and oxygen atoms in total. The molecule has 0 saturated heterocycles. The summed E-state index contributed by atoms with van der Waals surface area (Å²) >= 11 is 0. The van der Waals surface area contributed by atoms with E-state index in [2.05, 4.69) is 60.9 Å². The Morgan fingerprint density at radius 1 is 0.353 bits per heavy atom. The highest BCUT2D eigenvalue weighted by Gasteiger charge is 2.13. The van der Waals surface area contributed by atoms with Gasteiger partial charge in [-0.3, -0.25) is 0 Å². The molecule has 0 aromatic heterocycles. The zero-order valence-electron chi connectivity index (χ0n) is 24.2. The van der Waals surface area contributed by atoms with Gasteiger partial charge in [0.2, 0.25) is 0 Å². The molecule has 6 heteroatoms. The topological polar surface area (TPSA) is 18.5 Å². The van der Waals surface area contributed by atoms with Gasteiger partial charge in [-0.2, -0.15) is 0 Å². The van der Waals surface area contributed by atoms with Gasteiger partial charge in [0.1, 0.15) is 0 Å². The third kappa shape index (κ3) is 33.1. The summed E-state index contributed by atoms with van der Waals surface area (Å²) in [5.74, 6) is 2.70. The van der Waals surface area contributed by atoms with Crippen molar-refractivity contribution in [1.29, 1.82) is 0 Å². The standard InChI is InChI=1S/C28H62O2S2Si2/c1-33(2,3)29-25-21-17-13-9-7-11-15-19-23-27-31-32-28-24-20-16-12-8-10-14-18-22-26-30-34(4,5)6/h7-28H2,1-6H3. The van der Waals surface area contributed by atoms with Crippen LogP contribution in [0.15, 0.2) is 0 Å².